The highest BCUT2D eigenvalue weighted by Crippen LogP contribution is 2.18. The topological polar surface area (TPSA) is 54.2 Å². The van der Waals surface area contributed by atoms with Crippen molar-refractivity contribution in [2.24, 2.45) is 0 Å². The highest BCUT2D eigenvalue weighted by Gasteiger charge is 2.15. The van der Waals surface area contributed by atoms with E-state index in [0.717, 1.165) is 31.7 Å². The molecule has 2 aromatic rings. The lowest BCUT2D eigenvalue weighted by atomic mass is 10.2. The number of hydrogen-bond acceptors (Lipinski definition) is 5. The molecule has 1 N–H and O–H groups in total. The Morgan fingerprint density at radius 1 is 1.29 bits per heavy atom. The summed E-state index contributed by atoms with van der Waals surface area (Å²) in [6.07, 6.45) is 3.43. The largest absolute Gasteiger partial charge is 0.336 e. The van der Waals surface area contributed by atoms with Crippen LogP contribution in [-0.2, 0) is 0 Å². The van der Waals surface area contributed by atoms with Crippen LogP contribution in [0.4, 0.5) is 10.3 Å². The van der Waals surface area contributed by atoms with Crippen LogP contribution in [0.5, 0.6) is 0 Å². The van der Waals surface area contributed by atoms with E-state index >= 15 is 0 Å². The number of rotatable bonds is 3. The quantitative estimate of drug-likeness (QED) is 0.944. The van der Waals surface area contributed by atoms with Crippen molar-refractivity contribution in [3.63, 3.8) is 0 Å². The molecule has 0 bridgehead atoms. The Hall–Kier alpha value is -1.92. The van der Waals surface area contributed by atoms with Crippen LogP contribution in [0.3, 0.4) is 0 Å². The number of nitrogens with zero attached hydrogens (tertiary/aromatic N) is 3. The van der Waals surface area contributed by atoms with Crippen molar-refractivity contribution in [2.45, 2.75) is 0 Å². The van der Waals surface area contributed by atoms with Gasteiger partial charge in [0.15, 0.2) is 0 Å². The average Bonchev–Trinajstić information content (AvgIpc) is 2.98. The summed E-state index contributed by atoms with van der Waals surface area (Å²) in [5.74, 6) is 0.560. The fourth-order valence-electron chi connectivity index (χ4n) is 2.07. The maximum Gasteiger partial charge on any atom is 0.266 e. The molecule has 0 atom stereocenters. The van der Waals surface area contributed by atoms with Gasteiger partial charge >= 0.3 is 0 Å². The maximum absolute atomic E-state index is 13.1. The standard InChI is InChI=1S/C14H14ClFN4O/c15-11-9-10(1-3-12(11)16)2-4-13-18-14(19-21-13)20-7-5-17-6-8-20/h1-4,9,17H,5-8H2/b4-2+. The molecule has 7 heteroatoms. The Morgan fingerprint density at radius 3 is 2.86 bits per heavy atom. The number of piperazine rings is 1. The van der Waals surface area contributed by atoms with E-state index in [1.807, 2.05) is 0 Å². The zero-order valence-corrected chi connectivity index (χ0v) is 12.0. The minimum Gasteiger partial charge on any atom is -0.336 e. The van der Waals surface area contributed by atoms with Crippen LogP contribution in [0.2, 0.25) is 5.02 Å². The summed E-state index contributed by atoms with van der Waals surface area (Å²) in [7, 11) is 0. The first-order valence-electron chi connectivity index (χ1n) is 6.65. The van der Waals surface area contributed by atoms with E-state index in [-0.39, 0.29) is 5.02 Å². The van der Waals surface area contributed by atoms with Crippen molar-refractivity contribution in [1.29, 1.82) is 0 Å². The second kappa shape index (κ2) is 6.24. The monoisotopic (exact) mass is 308 g/mol. The first-order chi connectivity index (χ1) is 10.2. The molecule has 1 fully saturated rings. The minimum absolute atomic E-state index is 0.0872. The van der Waals surface area contributed by atoms with Crippen molar-refractivity contribution in [2.75, 3.05) is 31.1 Å². The van der Waals surface area contributed by atoms with Crippen LogP contribution >= 0.6 is 11.6 Å². The molecular weight excluding hydrogens is 295 g/mol. The number of aromatic nitrogens is 2. The predicted octanol–water partition coefficient (Wildman–Crippen LogP) is 2.44. The Balaban J connectivity index is 1.71. The number of nitrogens with one attached hydrogen (secondary N) is 1. The smallest absolute Gasteiger partial charge is 0.266 e. The summed E-state index contributed by atoms with van der Waals surface area (Å²) >= 11 is 5.73. The molecule has 0 unspecified atom stereocenters. The first-order valence-corrected chi connectivity index (χ1v) is 7.03. The lowest BCUT2D eigenvalue weighted by Crippen LogP contribution is -2.44. The molecule has 1 saturated heterocycles. The van der Waals surface area contributed by atoms with Gasteiger partial charge < -0.3 is 14.7 Å². The third-order valence-corrected chi connectivity index (χ3v) is 3.48. The molecule has 3 rings (SSSR count). The SMILES string of the molecule is Fc1ccc(/C=C/c2nc(N3CCNCC3)no2)cc1Cl. The minimum atomic E-state index is -0.437. The van der Waals surface area contributed by atoms with E-state index in [1.165, 1.54) is 6.07 Å². The molecule has 21 heavy (non-hydrogen) atoms. The van der Waals surface area contributed by atoms with E-state index in [0.29, 0.717) is 11.8 Å². The van der Waals surface area contributed by atoms with Crippen molar-refractivity contribution in [1.82, 2.24) is 15.5 Å². The van der Waals surface area contributed by atoms with Crippen molar-refractivity contribution in [3.05, 3.63) is 40.5 Å². The van der Waals surface area contributed by atoms with Crippen LogP contribution in [0.25, 0.3) is 12.2 Å². The van der Waals surface area contributed by atoms with Gasteiger partial charge in [-0.15, -0.1) is 0 Å². The van der Waals surface area contributed by atoms with Gasteiger partial charge in [-0.3, -0.25) is 0 Å². The van der Waals surface area contributed by atoms with Gasteiger partial charge in [0, 0.05) is 32.3 Å². The van der Waals surface area contributed by atoms with Gasteiger partial charge in [0.2, 0.25) is 0 Å². The summed E-state index contributed by atoms with van der Waals surface area (Å²) in [5, 5.41) is 7.31. The third kappa shape index (κ3) is 3.40. The molecule has 5 nitrogen and oxygen atoms in total. The van der Waals surface area contributed by atoms with Crippen LogP contribution in [-0.4, -0.2) is 36.3 Å². The van der Waals surface area contributed by atoms with Gasteiger partial charge in [-0.1, -0.05) is 17.7 Å². The molecule has 110 valence electrons. The molecule has 1 aromatic carbocycles. The highest BCUT2D eigenvalue weighted by molar-refractivity contribution is 6.30. The third-order valence-electron chi connectivity index (χ3n) is 3.19. The van der Waals surface area contributed by atoms with Gasteiger partial charge in [-0.05, 0) is 28.9 Å². The van der Waals surface area contributed by atoms with Gasteiger partial charge in [0.1, 0.15) is 5.82 Å². The van der Waals surface area contributed by atoms with Crippen molar-refractivity contribution < 1.29 is 8.91 Å². The summed E-state index contributed by atoms with van der Waals surface area (Å²) in [6.45, 7) is 3.54. The van der Waals surface area contributed by atoms with Gasteiger partial charge in [-0.25, -0.2) is 4.39 Å². The lowest BCUT2D eigenvalue weighted by Gasteiger charge is -2.25. The number of anilines is 1. The summed E-state index contributed by atoms with van der Waals surface area (Å²) in [6, 6.07) is 4.49. The average molecular weight is 309 g/mol. The Kier molecular flexibility index (Phi) is 4.17. The summed E-state index contributed by atoms with van der Waals surface area (Å²) < 4.78 is 18.2. The van der Waals surface area contributed by atoms with Crippen molar-refractivity contribution >= 4 is 29.7 Å². The molecule has 1 aromatic heterocycles. The molecule has 0 radical (unpaired) electrons. The number of hydrogen-bond donors (Lipinski definition) is 1. The molecule has 2 heterocycles. The van der Waals surface area contributed by atoms with E-state index in [2.05, 4.69) is 20.4 Å². The normalized spacial score (nSPS) is 15.8. The van der Waals surface area contributed by atoms with Gasteiger partial charge in [-0.2, -0.15) is 4.98 Å². The second-order valence-electron chi connectivity index (χ2n) is 4.68. The number of benzene rings is 1. The Labute approximate surface area is 126 Å². The fraction of sp³-hybridized carbons (Fsp3) is 0.286. The number of halogens is 2. The van der Waals surface area contributed by atoms with Crippen LogP contribution in [0.1, 0.15) is 11.5 Å². The molecule has 0 spiro atoms. The molecular formula is C14H14ClFN4O. The van der Waals surface area contributed by atoms with E-state index in [4.69, 9.17) is 16.1 Å². The second-order valence-corrected chi connectivity index (χ2v) is 5.08. The maximum atomic E-state index is 13.1. The van der Waals surface area contributed by atoms with Crippen LogP contribution < -0.4 is 10.2 Å². The first kappa shape index (κ1) is 14.0. The zero-order valence-electron chi connectivity index (χ0n) is 11.2. The molecule has 1 aliphatic rings. The van der Waals surface area contributed by atoms with E-state index in [1.54, 1.807) is 24.3 Å². The summed E-state index contributed by atoms with van der Waals surface area (Å²) in [5.41, 5.74) is 0.767. The summed E-state index contributed by atoms with van der Waals surface area (Å²) in [4.78, 5) is 6.38. The van der Waals surface area contributed by atoms with Crippen LogP contribution in [0, 0.1) is 5.82 Å². The van der Waals surface area contributed by atoms with Crippen molar-refractivity contribution in [3.8, 4) is 0 Å². The predicted molar refractivity (Wildman–Crippen MR) is 79.7 cm³/mol. The molecule has 1 aliphatic heterocycles. The van der Waals surface area contributed by atoms with Crippen LogP contribution in [0.15, 0.2) is 22.7 Å². The highest BCUT2D eigenvalue weighted by atomic mass is 35.5. The molecule has 0 amide bonds. The Bertz CT molecular complexity index is 652. The molecule has 0 saturated carbocycles. The Morgan fingerprint density at radius 2 is 2.10 bits per heavy atom. The fourth-order valence-corrected chi connectivity index (χ4v) is 2.26. The van der Waals surface area contributed by atoms with Gasteiger partial charge in [0.25, 0.3) is 11.8 Å². The molecule has 0 aliphatic carbocycles. The van der Waals surface area contributed by atoms with E-state index in [9.17, 15) is 4.39 Å². The van der Waals surface area contributed by atoms with E-state index < -0.39 is 5.82 Å². The zero-order chi connectivity index (χ0) is 14.7. The van der Waals surface area contributed by atoms with Gasteiger partial charge in [0.05, 0.1) is 5.02 Å². The lowest BCUT2D eigenvalue weighted by molar-refractivity contribution is 0.407.